The summed E-state index contributed by atoms with van der Waals surface area (Å²) in [5.41, 5.74) is 3.20. The minimum atomic E-state index is 0.652. The van der Waals surface area contributed by atoms with Crippen LogP contribution < -0.4 is 5.32 Å². The van der Waals surface area contributed by atoms with Crippen LogP contribution in [-0.2, 0) is 6.42 Å². The molecule has 2 aromatic rings. The average Bonchev–Trinajstić information content (AvgIpc) is 2.76. The van der Waals surface area contributed by atoms with Gasteiger partial charge in [0.1, 0.15) is 5.82 Å². The van der Waals surface area contributed by atoms with Crippen molar-refractivity contribution in [2.24, 2.45) is 0 Å². The van der Waals surface area contributed by atoms with E-state index in [1.54, 1.807) is 6.26 Å². The van der Waals surface area contributed by atoms with Crippen LogP contribution in [-0.4, -0.2) is 17.0 Å². The fourth-order valence-corrected chi connectivity index (χ4v) is 1.85. The van der Waals surface area contributed by atoms with Crippen LogP contribution in [0, 0.1) is 13.8 Å². The van der Waals surface area contributed by atoms with Crippen molar-refractivity contribution in [2.75, 3.05) is 12.4 Å². The number of aromatic nitrogens is 2. The number of furan rings is 1. The van der Waals surface area contributed by atoms with Gasteiger partial charge in [-0.25, -0.2) is 9.97 Å². The van der Waals surface area contributed by atoms with Gasteiger partial charge in [-0.05, 0) is 31.9 Å². The van der Waals surface area contributed by atoms with Crippen LogP contribution in [0.2, 0.25) is 0 Å². The van der Waals surface area contributed by atoms with Crippen LogP contribution in [0.25, 0.3) is 11.6 Å². The molecule has 0 aromatic carbocycles. The molecule has 4 nitrogen and oxygen atoms in total. The summed E-state index contributed by atoms with van der Waals surface area (Å²) in [6.07, 6.45) is 2.55. The molecule has 0 saturated heterocycles. The second kappa shape index (κ2) is 4.57. The van der Waals surface area contributed by atoms with Gasteiger partial charge >= 0.3 is 0 Å². The summed E-state index contributed by atoms with van der Waals surface area (Å²) >= 11 is 0. The van der Waals surface area contributed by atoms with E-state index in [9.17, 15) is 0 Å². The summed E-state index contributed by atoms with van der Waals surface area (Å²) in [4.78, 5) is 9.04. The highest BCUT2D eigenvalue weighted by Crippen LogP contribution is 2.25. The molecule has 2 heterocycles. The predicted molar refractivity (Wildman–Crippen MR) is 68.1 cm³/mol. The van der Waals surface area contributed by atoms with E-state index in [-0.39, 0.29) is 0 Å². The fraction of sp³-hybridized carbons (Fsp3) is 0.385. The van der Waals surface area contributed by atoms with Crippen molar-refractivity contribution in [1.82, 2.24) is 9.97 Å². The Bertz CT molecular complexity index is 506. The van der Waals surface area contributed by atoms with Gasteiger partial charge in [-0.1, -0.05) is 6.92 Å². The molecular formula is C13H17N3O. The van der Waals surface area contributed by atoms with Gasteiger partial charge in [0.2, 0.25) is 0 Å². The lowest BCUT2D eigenvalue weighted by Crippen LogP contribution is -2.04. The summed E-state index contributed by atoms with van der Waals surface area (Å²) in [5.74, 6) is 2.26. The highest BCUT2D eigenvalue weighted by Gasteiger charge is 2.13. The van der Waals surface area contributed by atoms with E-state index in [1.807, 2.05) is 27.0 Å². The van der Waals surface area contributed by atoms with Crippen molar-refractivity contribution in [2.45, 2.75) is 27.2 Å². The van der Waals surface area contributed by atoms with E-state index >= 15 is 0 Å². The Morgan fingerprint density at radius 1 is 1.29 bits per heavy atom. The minimum Gasteiger partial charge on any atom is -0.461 e. The molecule has 0 aliphatic rings. The molecule has 0 amide bonds. The highest BCUT2D eigenvalue weighted by atomic mass is 16.3. The SMILES string of the molecule is CCc1nc(-c2occc2C)nc(NC)c1C. The second-order valence-corrected chi connectivity index (χ2v) is 4.00. The van der Waals surface area contributed by atoms with E-state index in [2.05, 4.69) is 22.2 Å². The van der Waals surface area contributed by atoms with E-state index in [4.69, 9.17) is 4.42 Å². The van der Waals surface area contributed by atoms with Gasteiger partial charge in [0.15, 0.2) is 11.6 Å². The number of rotatable bonds is 3. The van der Waals surface area contributed by atoms with Gasteiger partial charge in [-0.2, -0.15) is 0 Å². The molecule has 0 aliphatic heterocycles. The first-order valence-corrected chi connectivity index (χ1v) is 5.77. The summed E-state index contributed by atoms with van der Waals surface area (Å²) in [6.45, 7) is 6.11. The maximum Gasteiger partial charge on any atom is 0.198 e. The van der Waals surface area contributed by atoms with Crippen LogP contribution in [0.3, 0.4) is 0 Å². The predicted octanol–water partition coefficient (Wildman–Crippen LogP) is 2.96. The Labute approximate surface area is 101 Å². The lowest BCUT2D eigenvalue weighted by atomic mass is 10.2. The van der Waals surface area contributed by atoms with Gasteiger partial charge in [-0.15, -0.1) is 0 Å². The zero-order valence-corrected chi connectivity index (χ0v) is 10.7. The van der Waals surface area contributed by atoms with Crippen molar-refractivity contribution in [3.05, 3.63) is 29.2 Å². The van der Waals surface area contributed by atoms with Crippen LogP contribution in [0.1, 0.15) is 23.7 Å². The lowest BCUT2D eigenvalue weighted by Gasteiger charge is -2.10. The third-order valence-electron chi connectivity index (χ3n) is 2.88. The first-order valence-electron chi connectivity index (χ1n) is 5.77. The van der Waals surface area contributed by atoms with Crippen molar-refractivity contribution >= 4 is 5.82 Å². The van der Waals surface area contributed by atoms with Crippen molar-refractivity contribution < 1.29 is 4.42 Å². The Kier molecular flexibility index (Phi) is 3.13. The Morgan fingerprint density at radius 2 is 2.06 bits per heavy atom. The normalized spacial score (nSPS) is 10.6. The molecule has 0 unspecified atom stereocenters. The van der Waals surface area contributed by atoms with Crippen LogP contribution in [0.5, 0.6) is 0 Å². The molecule has 1 N–H and O–H groups in total. The molecule has 0 bridgehead atoms. The summed E-state index contributed by atoms with van der Waals surface area (Å²) in [5, 5.41) is 3.10. The topological polar surface area (TPSA) is 51.0 Å². The molecule has 0 radical (unpaired) electrons. The van der Waals surface area contributed by atoms with Gasteiger partial charge in [-0.3, -0.25) is 0 Å². The first-order chi connectivity index (χ1) is 8.17. The van der Waals surface area contributed by atoms with E-state index < -0.39 is 0 Å². The van der Waals surface area contributed by atoms with Crippen molar-refractivity contribution in [1.29, 1.82) is 0 Å². The number of hydrogen-bond donors (Lipinski definition) is 1. The number of nitrogens with one attached hydrogen (secondary N) is 1. The lowest BCUT2D eigenvalue weighted by molar-refractivity contribution is 0.575. The van der Waals surface area contributed by atoms with Crippen LogP contribution in [0.15, 0.2) is 16.7 Å². The van der Waals surface area contributed by atoms with Gasteiger partial charge in [0.05, 0.1) is 6.26 Å². The Balaban J connectivity index is 2.60. The molecule has 2 rings (SSSR count). The van der Waals surface area contributed by atoms with E-state index in [0.717, 1.165) is 34.8 Å². The maximum atomic E-state index is 5.44. The van der Waals surface area contributed by atoms with E-state index in [0.29, 0.717) is 5.82 Å². The number of aryl methyl sites for hydroxylation is 2. The number of hydrogen-bond acceptors (Lipinski definition) is 4. The molecule has 2 aromatic heterocycles. The Hall–Kier alpha value is -1.84. The van der Waals surface area contributed by atoms with Crippen molar-refractivity contribution in [3.8, 4) is 11.6 Å². The average molecular weight is 231 g/mol. The zero-order chi connectivity index (χ0) is 12.4. The minimum absolute atomic E-state index is 0.652. The van der Waals surface area contributed by atoms with Crippen molar-refractivity contribution in [3.63, 3.8) is 0 Å². The molecule has 0 aliphatic carbocycles. The van der Waals surface area contributed by atoms with Gasteiger partial charge < -0.3 is 9.73 Å². The molecule has 17 heavy (non-hydrogen) atoms. The standard InChI is InChI=1S/C13H17N3O/c1-5-10-9(3)12(14-4)16-13(15-10)11-8(2)6-7-17-11/h6-7H,5H2,1-4H3,(H,14,15,16). The third-order valence-corrected chi connectivity index (χ3v) is 2.88. The smallest absolute Gasteiger partial charge is 0.198 e. The fourth-order valence-electron chi connectivity index (χ4n) is 1.85. The third kappa shape index (κ3) is 2.02. The molecular weight excluding hydrogens is 214 g/mol. The molecule has 0 fully saturated rings. The first kappa shape index (κ1) is 11.6. The van der Waals surface area contributed by atoms with Gasteiger partial charge in [0, 0.05) is 18.3 Å². The van der Waals surface area contributed by atoms with E-state index in [1.165, 1.54) is 0 Å². The van der Waals surface area contributed by atoms with Crippen LogP contribution in [0.4, 0.5) is 5.82 Å². The summed E-state index contributed by atoms with van der Waals surface area (Å²) in [7, 11) is 1.87. The summed E-state index contributed by atoms with van der Waals surface area (Å²) in [6, 6.07) is 1.92. The van der Waals surface area contributed by atoms with Crippen LogP contribution >= 0.6 is 0 Å². The zero-order valence-electron chi connectivity index (χ0n) is 10.7. The second-order valence-electron chi connectivity index (χ2n) is 4.00. The quantitative estimate of drug-likeness (QED) is 0.882. The number of anilines is 1. The molecule has 90 valence electrons. The maximum absolute atomic E-state index is 5.44. The molecule has 4 heteroatoms. The molecule has 0 spiro atoms. The summed E-state index contributed by atoms with van der Waals surface area (Å²) < 4.78 is 5.44. The molecule has 0 atom stereocenters. The highest BCUT2D eigenvalue weighted by molar-refractivity contribution is 5.57. The number of nitrogens with zero attached hydrogens (tertiary/aromatic N) is 2. The molecule has 0 saturated carbocycles. The Morgan fingerprint density at radius 3 is 2.59 bits per heavy atom. The van der Waals surface area contributed by atoms with Gasteiger partial charge in [0.25, 0.3) is 0 Å². The monoisotopic (exact) mass is 231 g/mol. The largest absolute Gasteiger partial charge is 0.461 e.